The number of carbonyl (C=O) groups excluding carboxylic acids is 2. The van der Waals surface area contributed by atoms with Crippen LogP contribution in [0.2, 0.25) is 12.6 Å². The zero-order valence-electron chi connectivity index (χ0n) is 13.5. The highest BCUT2D eigenvalue weighted by molar-refractivity contribution is 6.67. The molecule has 0 spiro atoms. The van der Waals surface area contributed by atoms with Crippen molar-refractivity contribution in [1.82, 2.24) is 10.3 Å². The van der Waals surface area contributed by atoms with Crippen LogP contribution in [0.15, 0.2) is 18.3 Å². The third-order valence-electron chi connectivity index (χ3n) is 4.55. The molecular weight excluding hydrogens is 336 g/mol. The molecule has 1 aliphatic heterocycles. The minimum Gasteiger partial charge on any atom is -0.306 e. The van der Waals surface area contributed by atoms with E-state index in [0.717, 1.165) is 12.3 Å². The molecule has 0 unspecified atom stereocenters. The zero-order valence-corrected chi connectivity index (χ0v) is 13.5. The second kappa shape index (κ2) is 7.23. The number of likely N-dealkylation sites (N-methyl/N-ethyl adjacent to an activating group) is 1. The summed E-state index contributed by atoms with van der Waals surface area (Å²) in [4.78, 5) is 28.6. The van der Waals surface area contributed by atoms with Gasteiger partial charge in [-0.1, -0.05) is 12.6 Å². The molecule has 1 aromatic rings. The lowest BCUT2D eigenvalue weighted by atomic mass is 9.40. The van der Waals surface area contributed by atoms with E-state index in [9.17, 15) is 22.8 Å². The number of aromatic nitrogens is 1. The number of amides is 2. The third-order valence-corrected chi connectivity index (χ3v) is 4.55. The average Bonchev–Trinajstić information content (AvgIpc) is 2.62. The standard InChI is InChI=1S/C15H16BF3N4O2/c1-21-14(3-5-16(9-20)6-4-14)13(25)23(10-24)12-8-11(2-7-22-12)15(17,18)19/h2,7-8,10,21H,3-6H2,1H3. The first-order chi connectivity index (χ1) is 11.8. The van der Waals surface area contributed by atoms with Crippen LogP contribution >= 0.6 is 0 Å². The first kappa shape index (κ1) is 18.9. The topological polar surface area (TPSA) is 86.1 Å². The SMILES string of the molecule is CNC1(C(=O)N(C=O)c2cc(C(F)(F)F)ccn2)CCB(C#N)CC1. The number of alkyl halides is 3. The van der Waals surface area contributed by atoms with Crippen molar-refractivity contribution in [3.63, 3.8) is 0 Å². The van der Waals surface area contributed by atoms with Gasteiger partial charge in [0.1, 0.15) is 5.82 Å². The van der Waals surface area contributed by atoms with Gasteiger partial charge in [0, 0.05) is 12.2 Å². The lowest BCUT2D eigenvalue weighted by molar-refractivity contribution is -0.138. The number of halogens is 3. The number of pyridine rings is 1. The highest BCUT2D eigenvalue weighted by Crippen LogP contribution is 2.33. The Hall–Kier alpha value is -2.41. The predicted molar refractivity (Wildman–Crippen MR) is 84.8 cm³/mol. The van der Waals surface area contributed by atoms with Crippen molar-refractivity contribution in [3.05, 3.63) is 23.9 Å². The van der Waals surface area contributed by atoms with Crippen molar-refractivity contribution in [3.8, 4) is 5.97 Å². The largest absolute Gasteiger partial charge is 0.416 e. The highest BCUT2D eigenvalue weighted by Gasteiger charge is 2.45. The van der Waals surface area contributed by atoms with Gasteiger partial charge >= 0.3 is 6.18 Å². The van der Waals surface area contributed by atoms with Gasteiger partial charge in [0.05, 0.1) is 11.1 Å². The van der Waals surface area contributed by atoms with E-state index in [0.29, 0.717) is 36.4 Å². The predicted octanol–water partition coefficient (Wildman–Crippen LogP) is 1.90. The van der Waals surface area contributed by atoms with Gasteiger partial charge in [-0.05, 0) is 32.0 Å². The number of anilines is 1. The Morgan fingerprint density at radius 2 is 2.12 bits per heavy atom. The van der Waals surface area contributed by atoms with Gasteiger partial charge in [-0.3, -0.25) is 9.59 Å². The van der Waals surface area contributed by atoms with Crippen molar-refractivity contribution in [1.29, 1.82) is 5.26 Å². The fourth-order valence-corrected chi connectivity index (χ4v) is 2.97. The van der Waals surface area contributed by atoms with E-state index in [1.807, 2.05) is 0 Å². The van der Waals surface area contributed by atoms with Crippen molar-refractivity contribution >= 4 is 24.8 Å². The number of imide groups is 1. The molecule has 2 amide bonds. The Bertz CT molecular complexity index is 697. The Labute approximate surface area is 143 Å². The molecule has 0 atom stereocenters. The average molecular weight is 352 g/mol. The molecule has 1 N–H and O–H groups in total. The second-order valence-corrected chi connectivity index (χ2v) is 5.92. The molecule has 1 aliphatic rings. The lowest BCUT2D eigenvalue weighted by Crippen LogP contribution is -2.59. The summed E-state index contributed by atoms with van der Waals surface area (Å²) in [6.07, 6.45) is -1.99. The van der Waals surface area contributed by atoms with Crippen molar-refractivity contribution in [2.24, 2.45) is 0 Å². The summed E-state index contributed by atoms with van der Waals surface area (Å²) in [6, 6.07) is 1.43. The molecule has 0 saturated carbocycles. The van der Waals surface area contributed by atoms with Crippen molar-refractivity contribution in [2.75, 3.05) is 11.9 Å². The fourth-order valence-electron chi connectivity index (χ4n) is 2.97. The fraction of sp³-hybridized carbons (Fsp3) is 0.467. The summed E-state index contributed by atoms with van der Waals surface area (Å²) in [6.45, 7) is -0.175. The number of nitrogens with one attached hydrogen (secondary N) is 1. The summed E-state index contributed by atoms with van der Waals surface area (Å²) in [7, 11) is 1.55. The molecule has 0 aliphatic carbocycles. The summed E-state index contributed by atoms with van der Waals surface area (Å²) >= 11 is 0. The zero-order chi connectivity index (χ0) is 18.7. The van der Waals surface area contributed by atoms with Crippen LogP contribution in [-0.2, 0) is 15.8 Å². The van der Waals surface area contributed by atoms with Gasteiger partial charge in [0.2, 0.25) is 6.41 Å². The Kier molecular flexibility index (Phi) is 5.47. The summed E-state index contributed by atoms with van der Waals surface area (Å²) in [5.74, 6) is 1.09. The molecule has 0 bridgehead atoms. The lowest BCUT2D eigenvalue weighted by Gasteiger charge is -2.38. The minimum absolute atomic E-state index is 0.167. The van der Waals surface area contributed by atoms with Gasteiger partial charge < -0.3 is 5.32 Å². The molecule has 25 heavy (non-hydrogen) atoms. The molecule has 6 nitrogen and oxygen atoms in total. The molecule has 0 radical (unpaired) electrons. The molecule has 2 heterocycles. The number of rotatable bonds is 4. The van der Waals surface area contributed by atoms with Gasteiger partial charge in [-0.15, -0.1) is 0 Å². The van der Waals surface area contributed by atoms with Crippen LogP contribution in [0.25, 0.3) is 0 Å². The molecule has 1 fully saturated rings. The Morgan fingerprint density at radius 3 is 2.60 bits per heavy atom. The number of nitrogens with zero attached hydrogens (tertiary/aromatic N) is 3. The van der Waals surface area contributed by atoms with Gasteiger partial charge in [-0.25, -0.2) is 15.1 Å². The Morgan fingerprint density at radius 1 is 1.48 bits per heavy atom. The first-order valence-corrected chi connectivity index (χ1v) is 7.68. The number of nitriles is 1. The third kappa shape index (κ3) is 3.82. The summed E-state index contributed by atoms with van der Waals surface area (Å²) < 4.78 is 38.6. The van der Waals surface area contributed by atoms with E-state index in [1.165, 1.54) is 0 Å². The van der Waals surface area contributed by atoms with Crippen LogP contribution in [0.1, 0.15) is 18.4 Å². The smallest absolute Gasteiger partial charge is 0.306 e. The second-order valence-electron chi connectivity index (χ2n) is 5.92. The van der Waals surface area contributed by atoms with E-state index >= 15 is 0 Å². The molecule has 1 aromatic heterocycles. The van der Waals surface area contributed by atoms with Crippen molar-refractivity contribution in [2.45, 2.75) is 37.2 Å². The van der Waals surface area contributed by atoms with Crippen LogP contribution in [0.4, 0.5) is 19.0 Å². The molecule has 1 saturated heterocycles. The van der Waals surface area contributed by atoms with Crippen LogP contribution in [-0.4, -0.2) is 36.6 Å². The van der Waals surface area contributed by atoms with Crippen molar-refractivity contribution < 1.29 is 22.8 Å². The minimum atomic E-state index is -4.61. The number of hydrogen-bond acceptors (Lipinski definition) is 5. The summed E-state index contributed by atoms with van der Waals surface area (Å²) in [5.41, 5.74) is -2.10. The quantitative estimate of drug-likeness (QED) is 0.661. The number of carbonyl (C=O) groups is 2. The van der Waals surface area contributed by atoms with E-state index in [-0.39, 0.29) is 18.9 Å². The molecule has 2 rings (SSSR count). The van der Waals surface area contributed by atoms with Crippen LogP contribution in [0.5, 0.6) is 0 Å². The highest BCUT2D eigenvalue weighted by atomic mass is 19.4. The molecular formula is C15H16BF3N4O2. The first-order valence-electron chi connectivity index (χ1n) is 7.68. The maximum Gasteiger partial charge on any atom is 0.416 e. The van der Waals surface area contributed by atoms with E-state index in [1.54, 1.807) is 7.05 Å². The Balaban J connectivity index is 2.32. The van der Waals surface area contributed by atoms with Crippen LogP contribution in [0, 0.1) is 11.2 Å². The maximum atomic E-state index is 12.9. The van der Waals surface area contributed by atoms with Gasteiger partial charge in [-0.2, -0.15) is 13.2 Å². The monoisotopic (exact) mass is 352 g/mol. The maximum absolute atomic E-state index is 12.9. The van der Waals surface area contributed by atoms with Gasteiger partial charge in [0.25, 0.3) is 12.6 Å². The van der Waals surface area contributed by atoms with E-state index < -0.39 is 23.2 Å². The van der Waals surface area contributed by atoms with E-state index in [4.69, 9.17) is 5.26 Å². The van der Waals surface area contributed by atoms with E-state index in [2.05, 4.69) is 16.3 Å². The molecule has 10 heteroatoms. The molecule has 0 aromatic carbocycles. The normalized spacial score (nSPS) is 16.8. The van der Waals surface area contributed by atoms with Gasteiger partial charge in [0.15, 0.2) is 0 Å². The van der Waals surface area contributed by atoms with Crippen LogP contribution in [0.3, 0.4) is 0 Å². The number of hydrogen-bond donors (Lipinski definition) is 1. The molecule has 132 valence electrons. The summed E-state index contributed by atoms with van der Waals surface area (Å²) in [5, 5.41) is 11.9. The van der Waals surface area contributed by atoms with Crippen LogP contribution < -0.4 is 10.2 Å².